The zero-order valence-corrected chi connectivity index (χ0v) is 16.7. The van der Waals surface area contributed by atoms with Crippen molar-refractivity contribution in [2.24, 2.45) is 0 Å². The first-order chi connectivity index (χ1) is 12.6. The van der Waals surface area contributed by atoms with E-state index in [0.717, 1.165) is 0 Å². The maximum Gasteiger partial charge on any atom is 0.263 e. The molecule has 2 rings (SSSR count). The standard InChI is InChI=1S/C20H27N3O4/c1-13-11-17(22-27-13)21-18(24)12-23(6)19(25)14(2)26-16-9-7-15(8-10-16)20(3,4)5/h7-11,14H,12H2,1-6H3,(H,21,22,24)/t14-/m1/s1. The maximum absolute atomic E-state index is 12.5. The number of rotatable bonds is 6. The van der Waals surface area contributed by atoms with Crippen LogP contribution in [0, 0.1) is 6.92 Å². The summed E-state index contributed by atoms with van der Waals surface area (Å²) in [5, 5.41) is 6.27. The third kappa shape index (κ3) is 5.84. The highest BCUT2D eigenvalue weighted by Gasteiger charge is 2.22. The van der Waals surface area contributed by atoms with Crippen molar-refractivity contribution in [1.82, 2.24) is 10.1 Å². The lowest BCUT2D eigenvalue weighted by molar-refractivity contribution is -0.139. The van der Waals surface area contributed by atoms with E-state index < -0.39 is 6.10 Å². The van der Waals surface area contributed by atoms with Gasteiger partial charge in [-0.1, -0.05) is 38.1 Å². The van der Waals surface area contributed by atoms with E-state index in [1.807, 2.05) is 24.3 Å². The molecule has 0 saturated heterocycles. The molecule has 0 saturated carbocycles. The highest BCUT2D eigenvalue weighted by atomic mass is 16.5. The molecule has 0 fully saturated rings. The van der Waals surface area contributed by atoms with Gasteiger partial charge in [-0.25, -0.2) is 0 Å². The SMILES string of the molecule is Cc1cc(NC(=O)CN(C)C(=O)[C@@H](C)Oc2ccc(C(C)(C)C)cc2)no1. The van der Waals surface area contributed by atoms with Gasteiger partial charge in [0.2, 0.25) is 5.91 Å². The van der Waals surface area contributed by atoms with Crippen LogP contribution in [0.25, 0.3) is 0 Å². The van der Waals surface area contributed by atoms with Crippen LogP contribution in [0.1, 0.15) is 39.0 Å². The lowest BCUT2D eigenvalue weighted by atomic mass is 9.87. The monoisotopic (exact) mass is 373 g/mol. The first-order valence-electron chi connectivity index (χ1n) is 8.81. The summed E-state index contributed by atoms with van der Waals surface area (Å²) in [6.45, 7) is 9.68. The van der Waals surface area contributed by atoms with E-state index in [0.29, 0.717) is 17.3 Å². The Morgan fingerprint density at radius 1 is 1.26 bits per heavy atom. The minimum Gasteiger partial charge on any atom is -0.481 e. The van der Waals surface area contributed by atoms with Gasteiger partial charge in [0.25, 0.3) is 5.91 Å². The Labute approximate surface area is 159 Å². The third-order valence-corrected chi connectivity index (χ3v) is 4.03. The van der Waals surface area contributed by atoms with Crippen LogP contribution in [-0.4, -0.2) is 41.6 Å². The fourth-order valence-corrected chi connectivity index (χ4v) is 2.50. The second-order valence-electron chi connectivity index (χ2n) is 7.60. The van der Waals surface area contributed by atoms with E-state index in [-0.39, 0.29) is 23.8 Å². The summed E-state index contributed by atoms with van der Waals surface area (Å²) in [6, 6.07) is 9.29. The first kappa shape index (κ1) is 20.5. The summed E-state index contributed by atoms with van der Waals surface area (Å²) in [5.74, 6) is 0.873. The van der Waals surface area contributed by atoms with Crippen molar-refractivity contribution in [3.8, 4) is 5.75 Å². The average Bonchev–Trinajstić information content (AvgIpc) is 2.98. The Kier molecular flexibility index (Phi) is 6.25. The molecule has 0 spiro atoms. The summed E-state index contributed by atoms with van der Waals surface area (Å²) in [5.41, 5.74) is 1.24. The van der Waals surface area contributed by atoms with Crippen molar-refractivity contribution in [3.63, 3.8) is 0 Å². The highest BCUT2D eigenvalue weighted by molar-refractivity contribution is 5.94. The molecule has 146 valence electrons. The Balaban J connectivity index is 1.88. The highest BCUT2D eigenvalue weighted by Crippen LogP contribution is 2.24. The number of likely N-dealkylation sites (N-methyl/N-ethyl adjacent to an activating group) is 1. The van der Waals surface area contributed by atoms with Crippen LogP contribution in [-0.2, 0) is 15.0 Å². The van der Waals surface area contributed by atoms with Gasteiger partial charge in [-0.3, -0.25) is 9.59 Å². The summed E-state index contributed by atoms with van der Waals surface area (Å²) < 4.78 is 10.6. The second kappa shape index (κ2) is 8.24. The average molecular weight is 373 g/mol. The number of anilines is 1. The molecule has 0 aliphatic carbocycles. The largest absolute Gasteiger partial charge is 0.481 e. The molecule has 7 nitrogen and oxygen atoms in total. The minimum absolute atomic E-state index is 0.0515. The van der Waals surface area contributed by atoms with E-state index in [1.54, 1.807) is 27.0 Å². The summed E-state index contributed by atoms with van der Waals surface area (Å²) >= 11 is 0. The second-order valence-corrected chi connectivity index (χ2v) is 7.60. The number of carbonyl (C=O) groups excluding carboxylic acids is 2. The van der Waals surface area contributed by atoms with Crippen LogP contribution in [0.15, 0.2) is 34.9 Å². The van der Waals surface area contributed by atoms with Crippen molar-refractivity contribution in [2.45, 2.75) is 46.1 Å². The number of aryl methyl sites for hydroxylation is 1. The zero-order chi connectivity index (χ0) is 20.2. The maximum atomic E-state index is 12.5. The van der Waals surface area contributed by atoms with E-state index in [1.165, 1.54) is 10.5 Å². The van der Waals surface area contributed by atoms with Gasteiger partial charge in [0.15, 0.2) is 11.9 Å². The lowest BCUT2D eigenvalue weighted by Crippen LogP contribution is -2.42. The predicted octanol–water partition coefficient (Wildman–Crippen LogP) is 3.14. The van der Waals surface area contributed by atoms with Gasteiger partial charge in [0.1, 0.15) is 11.5 Å². The molecule has 1 N–H and O–H groups in total. The van der Waals surface area contributed by atoms with Gasteiger partial charge < -0.3 is 19.5 Å². The van der Waals surface area contributed by atoms with Crippen molar-refractivity contribution in [3.05, 3.63) is 41.7 Å². The lowest BCUT2D eigenvalue weighted by Gasteiger charge is -2.22. The topological polar surface area (TPSA) is 84.7 Å². The normalized spacial score (nSPS) is 12.4. The number of benzene rings is 1. The third-order valence-electron chi connectivity index (χ3n) is 4.03. The number of hydrogen-bond acceptors (Lipinski definition) is 5. The van der Waals surface area contributed by atoms with Crippen molar-refractivity contribution in [2.75, 3.05) is 18.9 Å². The zero-order valence-electron chi connectivity index (χ0n) is 16.7. The fraction of sp³-hybridized carbons (Fsp3) is 0.450. The smallest absolute Gasteiger partial charge is 0.263 e. The molecule has 0 bridgehead atoms. The van der Waals surface area contributed by atoms with Crippen LogP contribution in [0.2, 0.25) is 0 Å². The molecule has 1 aromatic carbocycles. The van der Waals surface area contributed by atoms with Gasteiger partial charge in [-0.15, -0.1) is 0 Å². The molecule has 0 unspecified atom stereocenters. The van der Waals surface area contributed by atoms with E-state index in [2.05, 4.69) is 31.2 Å². The number of amides is 2. The number of ether oxygens (including phenoxy) is 1. The number of aromatic nitrogens is 1. The number of nitrogens with one attached hydrogen (secondary N) is 1. The van der Waals surface area contributed by atoms with Crippen molar-refractivity contribution in [1.29, 1.82) is 0 Å². The summed E-state index contributed by atoms with van der Waals surface area (Å²) in [7, 11) is 1.55. The number of nitrogens with zero attached hydrogens (tertiary/aromatic N) is 2. The van der Waals surface area contributed by atoms with Crippen LogP contribution in [0.4, 0.5) is 5.82 Å². The van der Waals surface area contributed by atoms with Crippen LogP contribution < -0.4 is 10.1 Å². The molecular formula is C20H27N3O4. The molecule has 7 heteroatoms. The van der Waals surface area contributed by atoms with Crippen molar-refractivity contribution >= 4 is 17.6 Å². The summed E-state index contributed by atoms with van der Waals surface area (Å²) in [4.78, 5) is 25.8. The molecule has 1 atom stereocenters. The molecule has 27 heavy (non-hydrogen) atoms. The van der Waals surface area contributed by atoms with Gasteiger partial charge in [-0.05, 0) is 37.0 Å². The Bertz CT molecular complexity index is 790. The van der Waals surface area contributed by atoms with Crippen LogP contribution in [0.3, 0.4) is 0 Å². The van der Waals surface area contributed by atoms with Crippen LogP contribution in [0.5, 0.6) is 5.75 Å². The van der Waals surface area contributed by atoms with Crippen LogP contribution >= 0.6 is 0 Å². The quantitative estimate of drug-likeness (QED) is 0.841. The molecule has 1 aromatic heterocycles. The number of hydrogen-bond donors (Lipinski definition) is 1. The number of carbonyl (C=O) groups is 2. The van der Waals surface area contributed by atoms with Gasteiger partial charge in [0.05, 0.1) is 6.54 Å². The van der Waals surface area contributed by atoms with Crippen molar-refractivity contribution < 1.29 is 18.8 Å². The molecule has 0 aliphatic rings. The Morgan fingerprint density at radius 3 is 2.41 bits per heavy atom. The summed E-state index contributed by atoms with van der Waals surface area (Å²) in [6.07, 6.45) is -0.711. The predicted molar refractivity (Wildman–Crippen MR) is 103 cm³/mol. The van der Waals surface area contributed by atoms with E-state index >= 15 is 0 Å². The van der Waals surface area contributed by atoms with Gasteiger partial charge in [-0.2, -0.15) is 0 Å². The molecule has 2 amide bonds. The van der Waals surface area contributed by atoms with Gasteiger partial charge >= 0.3 is 0 Å². The van der Waals surface area contributed by atoms with E-state index in [9.17, 15) is 9.59 Å². The molecule has 0 aliphatic heterocycles. The molecule has 0 radical (unpaired) electrons. The molecular weight excluding hydrogens is 346 g/mol. The molecule has 1 heterocycles. The minimum atomic E-state index is -0.711. The Hall–Kier alpha value is -2.83. The first-order valence-corrected chi connectivity index (χ1v) is 8.81. The fourth-order valence-electron chi connectivity index (χ4n) is 2.50. The Morgan fingerprint density at radius 2 is 1.89 bits per heavy atom. The van der Waals surface area contributed by atoms with Gasteiger partial charge in [0, 0.05) is 13.1 Å². The molecule has 2 aromatic rings. The van der Waals surface area contributed by atoms with E-state index in [4.69, 9.17) is 9.26 Å².